The van der Waals surface area contributed by atoms with Gasteiger partial charge in [0.1, 0.15) is 5.25 Å². The Morgan fingerprint density at radius 2 is 1.65 bits per heavy atom. The largest absolute Gasteiger partial charge is 0.480 e. The Hall–Kier alpha value is -1.11. The lowest BCUT2D eigenvalue weighted by Gasteiger charge is -2.22. The van der Waals surface area contributed by atoms with E-state index in [4.69, 9.17) is 5.11 Å². The Kier molecular flexibility index (Phi) is 7.19. The van der Waals surface area contributed by atoms with Crippen molar-refractivity contribution in [1.82, 2.24) is 5.32 Å². The molecule has 6 nitrogen and oxygen atoms in total. The lowest BCUT2D eigenvalue weighted by atomic mass is 10.1. The molecule has 3 atom stereocenters. The first-order valence-electron chi connectivity index (χ1n) is 6.81. The van der Waals surface area contributed by atoms with E-state index in [1.807, 2.05) is 6.92 Å². The Morgan fingerprint density at radius 1 is 1.15 bits per heavy atom. The van der Waals surface area contributed by atoms with Crippen molar-refractivity contribution >= 4 is 21.7 Å². The molecule has 0 saturated heterocycles. The van der Waals surface area contributed by atoms with Crippen molar-refractivity contribution in [2.45, 2.75) is 64.0 Å². The van der Waals surface area contributed by atoms with Crippen molar-refractivity contribution in [3.05, 3.63) is 0 Å². The smallest absolute Gasteiger partial charge is 0.322 e. The van der Waals surface area contributed by atoms with Gasteiger partial charge in [-0.1, -0.05) is 27.2 Å². The maximum atomic E-state index is 12.3. The van der Waals surface area contributed by atoms with E-state index in [9.17, 15) is 18.0 Å². The highest BCUT2D eigenvalue weighted by molar-refractivity contribution is 7.94. The molecule has 0 aliphatic rings. The number of rotatable bonds is 8. The number of carbonyl (C=O) groups excluding carboxylic acids is 1. The number of aliphatic carboxylic acids is 1. The lowest BCUT2D eigenvalue weighted by molar-refractivity contribution is -0.137. The fourth-order valence-electron chi connectivity index (χ4n) is 2.04. The molecular formula is C13H25NO5S. The quantitative estimate of drug-likeness (QED) is 0.702. The van der Waals surface area contributed by atoms with Crippen LogP contribution in [0.1, 0.15) is 47.5 Å². The van der Waals surface area contributed by atoms with Gasteiger partial charge in [-0.2, -0.15) is 0 Å². The number of carboxylic acids is 1. The van der Waals surface area contributed by atoms with Crippen molar-refractivity contribution < 1.29 is 23.1 Å². The third-order valence-electron chi connectivity index (χ3n) is 3.18. The van der Waals surface area contributed by atoms with Crippen molar-refractivity contribution in [1.29, 1.82) is 0 Å². The molecule has 2 N–H and O–H groups in total. The predicted molar refractivity (Wildman–Crippen MR) is 77.2 cm³/mol. The first-order chi connectivity index (χ1) is 9.05. The van der Waals surface area contributed by atoms with Crippen molar-refractivity contribution in [2.24, 2.45) is 5.92 Å². The van der Waals surface area contributed by atoms with Gasteiger partial charge in [0.25, 0.3) is 0 Å². The molecule has 7 heteroatoms. The summed E-state index contributed by atoms with van der Waals surface area (Å²) in [6.45, 7) is 8.02. The predicted octanol–water partition coefficient (Wildman–Crippen LogP) is 1.20. The van der Waals surface area contributed by atoms with Crippen LogP contribution in [0.25, 0.3) is 0 Å². The monoisotopic (exact) mass is 307 g/mol. The highest BCUT2D eigenvalue weighted by Crippen LogP contribution is 2.18. The number of sulfone groups is 1. The molecule has 0 aromatic rings. The van der Waals surface area contributed by atoms with Gasteiger partial charge in [0, 0.05) is 6.04 Å². The fourth-order valence-corrected chi connectivity index (χ4v) is 3.89. The molecule has 1 amide bonds. The molecule has 0 heterocycles. The van der Waals surface area contributed by atoms with Crippen LogP contribution in [0.2, 0.25) is 0 Å². The van der Waals surface area contributed by atoms with Crippen LogP contribution in [0.4, 0.5) is 0 Å². The minimum atomic E-state index is -4.07. The molecule has 0 bridgehead atoms. The Morgan fingerprint density at radius 3 is 2.00 bits per heavy atom. The lowest BCUT2D eigenvalue weighted by Crippen LogP contribution is -2.48. The van der Waals surface area contributed by atoms with Crippen LogP contribution in [0.3, 0.4) is 0 Å². The van der Waals surface area contributed by atoms with E-state index in [1.54, 1.807) is 6.92 Å². The van der Waals surface area contributed by atoms with E-state index in [0.717, 1.165) is 12.8 Å². The highest BCUT2D eigenvalue weighted by Gasteiger charge is 2.42. The Labute approximate surface area is 120 Å². The van der Waals surface area contributed by atoms with Gasteiger partial charge in [-0.05, 0) is 26.2 Å². The van der Waals surface area contributed by atoms with Gasteiger partial charge >= 0.3 is 5.97 Å². The number of hydrogen-bond acceptors (Lipinski definition) is 4. The summed E-state index contributed by atoms with van der Waals surface area (Å²) >= 11 is 0. The molecule has 0 aromatic heterocycles. The fraction of sp³-hybridized carbons (Fsp3) is 0.846. The maximum absolute atomic E-state index is 12.3. The first kappa shape index (κ1) is 18.9. The second-order valence-corrected chi connectivity index (χ2v) is 7.83. The summed E-state index contributed by atoms with van der Waals surface area (Å²) < 4.78 is 24.5. The summed E-state index contributed by atoms with van der Waals surface area (Å²) in [6.07, 6.45) is 1.61. The molecule has 3 unspecified atom stereocenters. The van der Waals surface area contributed by atoms with Crippen LogP contribution in [-0.4, -0.2) is 41.9 Å². The Bertz CT molecular complexity index is 444. The van der Waals surface area contributed by atoms with Gasteiger partial charge in [0.05, 0.1) is 0 Å². The number of carbonyl (C=O) groups is 2. The summed E-state index contributed by atoms with van der Waals surface area (Å²) in [7, 11) is -4.07. The third kappa shape index (κ3) is 4.77. The molecule has 0 rings (SSSR count). The van der Waals surface area contributed by atoms with Gasteiger partial charge in [0.15, 0.2) is 15.1 Å². The number of carboxylic acid groups (broad SMARTS) is 1. The molecule has 0 aromatic carbocycles. The van der Waals surface area contributed by atoms with Gasteiger partial charge in [-0.3, -0.25) is 9.59 Å². The van der Waals surface area contributed by atoms with Crippen LogP contribution in [-0.2, 0) is 19.4 Å². The molecule has 0 spiro atoms. The molecule has 0 fully saturated rings. The molecular weight excluding hydrogens is 282 g/mol. The van der Waals surface area contributed by atoms with E-state index in [2.05, 4.69) is 5.32 Å². The van der Waals surface area contributed by atoms with Crippen LogP contribution in [0, 0.1) is 5.92 Å². The minimum Gasteiger partial charge on any atom is -0.480 e. The van der Waals surface area contributed by atoms with E-state index >= 15 is 0 Å². The molecule has 0 radical (unpaired) electrons. The zero-order valence-electron chi connectivity index (χ0n) is 12.7. The van der Waals surface area contributed by atoms with E-state index in [0.29, 0.717) is 0 Å². The molecule has 20 heavy (non-hydrogen) atoms. The summed E-state index contributed by atoms with van der Waals surface area (Å²) in [5, 5.41) is 8.74. The molecule has 0 aliphatic heterocycles. The summed E-state index contributed by atoms with van der Waals surface area (Å²) in [4.78, 5) is 23.1. The van der Waals surface area contributed by atoms with E-state index < -0.39 is 38.1 Å². The van der Waals surface area contributed by atoms with Gasteiger partial charge in [0.2, 0.25) is 5.91 Å². The average molecular weight is 307 g/mol. The maximum Gasteiger partial charge on any atom is 0.322 e. The van der Waals surface area contributed by atoms with E-state index in [-0.39, 0.29) is 6.04 Å². The zero-order chi connectivity index (χ0) is 16.1. The van der Waals surface area contributed by atoms with Crippen LogP contribution >= 0.6 is 0 Å². The van der Waals surface area contributed by atoms with Crippen molar-refractivity contribution in [3.8, 4) is 0 Å². The number of amides is 1. The SMILES string of the molecule is CCCC(C)NC(=O)C(C)S(=O)(=O)C(C(=O)O)C(C)C. The Balaban J connectivity index is 5.10. The van der Waals surface area contributed by atoms with Crippen LogP contribution in [0.15, 0.2) is 0 Å². The van der Waals surface area contributed by atoms with Crippen molar-refractivity contribution in [2.75, 3.05) is 0 Å². The van der Waals surface area contributed by atoms with Gasteiger partial charge in [-0.25, -0.2) is 8.42 Å². The summed E-state index contributed by atoms with van der Waals surface area (Å²) in [5.74, 6) is -2.65. The van der Waals surface area contributed by atoms with Crippen LogP contribution in [0.5, 0.6) is 0 Å². The van der Waals surface area contributed by atoms with Gasteiger partial charge < -0.3 is 10.4 Å². The van der Waals surface area contributed by atoms with Crippen LogP contribution < -0.4 is 5.32 Å². The average Bonchev–Trinajstić information content (AvgIpc) is 2.26. The van der Waals surface area contributed by atoms with E-state index in [1.165, 1.54) is 20.8 Å². The second kappa shape index (κ2) is 7.61. The first-order valence-corrected chi connectivity index (χ1v) is 8.42. The van der Waals surface area contributed by atoms with Crippen molar-refractivity contribution in [3.63, 3.8) is 0 Å². The topological polar surface area (TPSA) is 101 Å². The highest BCUT2D eigenvalue weighted by atomic mass is 32.2. The molecule has 118 valence electrons. The molecule has 0 saturated carbocycles. The third-order valence-corrected chi connectivity index (χ3v) is 5.83. The minimum absolute atomic E-state index is 0.132. The zero-order valence-corrected chi connectivity index (χ0v) is 13.5. The summed E-state index contributed by atoms with van der Waals surface area (Å²) in [6, 6.07) is -0.132. The molecule has 0 aliphatic carbocycles. The standard InChI is InChI=1S/C13H25NO5S/c1-6-7-9(4)14-12(15)10(5)20(18,19)11(8(2)3)13(16)17/h8-11H,6-7H2,1-5H3,(H,14,15)(H,16,17). The number of nitrogens with one attached hydrogen (secondary N) is 1. The van der Waals surface area contributed by atoms with Gasteiger partial charge in [-0.15, -0.1) is 0 Å². The summed E-state index contributed by atoms with van der Waals surface area (Å²) in [5.41, 5.74) is 0. The normalized spacial score (nSPS) is 16.5. The number of hydrogen-bond donors (Lipinski definition) is 2. The second-order valence-electron chi connectivity index (χ2n) is 5.43.